The maximum absolute atomic E-state index is 12.0. The van der Waals surface area contributed by atoms with Gasteiger partial charge in [-0.1, -0.05) is 0 Å². The van der Waals surface area contributed by atoms with E-state index in [2.05, 4.69) is 10.3 Å². The molecule has 1 aromatic heterocycles. The molecule has 0 bridgehead atoms. The number of hydrogen-bond donors (Lipinski definition) is 2. The van der Waals surface area contributed by atoms with Crippen molar-refractivity contribution in [2.75, 3.05) is 20.1 Å². The lowest BCUT2D eigenvalue weighted by molar-refractivity contribution is -0.141. The van der Waals surface area contributed by atoms with Gasteiger partial charge in [-0.15, -0.1) is 0 Å². The number of nitrogens with one attached hydrogen (secondary N) is 1. The maximum atomic E-state index is 12.0. The van der Waals surface area contributed by atoms with Crippen molar-refractivity contribution in [3.05, 3.63) is 35.7 Å². The third kappa shape index (κ3) is 3.69. The molecule has 0 radical (unpaired) electrons. The zero-order valence-electron chi connectivity index (χ0n) is 12.2. The van der Waals surface area contributed by atoms with E-state index in [0.29, 0.717) is 24.1 Å². The number of likely N-dealkylation sites (tertiary alicyclic amines) is 1. The zero-order valence-corrected chi connectivity index (χ0v) is 12.2. The molecule has 1 atom stereocenters. The number of aliphatic carboxylic acids is 1. The second kappa shape index (κ2) is 6.84. The molecule has 2 heterocycles. The minimum Gasteiger partial charge on any atom is -0.481 e. The maximum Gasteiger partial charge on any atom is 0.308 e. The van der Waals surface area contributed by atoms with Crippen molar-refractivity contribution in [1.29, 1.82) is 0 Å². The molecule has 1 fully saturated rings. The van der Waals surface area contributed by atoms with E-state index in [-0.39, 0.29) is 18.4 Å². The van der Waals surface area contributed by atoms with Crippen LogP contribution in [0, 0.1) is 5.92 Å². The first-order valence-corrected chi connectivity index (χ1v) is 6.88. The van der Waals surface area contributed by atoms with Crippen molar-refractivity contribution in [2.24, 2.45) is 5.92 Å². The van der Waals surface area contributed by atoms with E-state index in [1.54, 1.807) is 18.3 Å². The highest BCUT2D eigenvalue weighted by atomic mass is 16.4. The monoisotopic (exact) mass is 303 g/mol. The molecule has 116 valence electrons. The quantitative estimate of drug-likeness (QED) is 0.784. The second-order valence-corrected chi connectivity index (χ2v) is 5.03. The minimum atomic E-state index is -0.873. The first-order chi connectivity index (χ1) is 10.5. The van der Waals surface area contributed by atoms with Crippen LogP contribution in [0.1, 0.15) is 22.3 Å². The summed E-state index contributed by atoms with van der Waals surface area (Å²) in [6.45, 7) is 0.672. The van der Waals surface area contributed by atoms with E-state index < -0.39 is 11.9 Å². The fourth-order valence-electron chi connectivity index (χ4n) is 2.25. The smallest absolute Gasteiger partial charge is 0.308 e. The average molecular weight is 303 g/mol. The molecule has 0 spiro atoms. The van der Waals surface area contributed by atoms with Crippen LogP contribution in [-0.2, 0) is 9.59 Å². The Hall–Kier alpha value is -2.70. The molecule has 7 heteroatoms. The number of carbonyl (C=O) groups excluding carboxylic acids is 2. The molecule has 2 N–H and O–H groups in total. The number of rotatable bonds is 4. The van der Waals surface area contributed by atoms with Gasteiger partial charge in [0.25, 0.3) is 5.91 Å². The number of hydrogen-bond acceptors (Lipinski definition) is 4. The van der Waals surface area contributed by atoms with Crippen LogP contribution < -0.4 is 5.32 Å². The molecule has 2 amide bonds. The number of nitrogens with zero attached hydrogens (tertiary/aromatic N) is 2. The first kappa shape index (κ1) is 15.7. The van der Waals surface area contributed by atoms with Crippen molar-refractivity contribution < 1.29 is 19.5 Å². The Morgan fingerprint density at radius 1 is 1.41 bits per heavy atom. The van der Waals surface area contributed by atoms with E-state index in [1.807, 2.05) is 0 Å². The lowest BCUT2D eigenvalue weighted by Gasteiger charge is -2.12. The second-order valence-electron chi connectivity index (χ2n) is 5.03. The molecule has 1 aromatic rings. The third-order valence-corrected chi connectivity index (χ3v) is 3.52. The highest BCUT2D eigenvalue weighted by Gasteiger charge is 2.29. The predicted molar refractivity (Wildman–Crippen MR) is 79.0 cm³/mol. The van der Waals surface area contributed by atoms with Gasteiger partial charge in [0.15, 0.2) is 0 Å². The van der Waals surface area contributed by atoms with Gasteiger partial charge < -0.3 is 15.3 Å². The first-order valence-electron chi connectivity index (χ1n) is 6.88. The number of carboxylic acids is 1. The molecule has 0 aliphatic carbocycles. The van der Waals surface area contributed by atoms with Crippen LogP contribution in [0.25, 0.3) is 6.08 Å². The normalized spacial score (nSPS) is 17.7. The third-order valence-electron chi connectivity index (χ3n) is 3.52. The SMILES string of the molecule is CNC(=O)c1cncc(/C=C/C(=O)N2CCC(C(=O)O)C2)c1. The van der Waals surface area contributed by atoms with Gasteiger partial charge in [0.05, 0.1) is 11.5 Å². The van der Waals surface area contributed by atoms with Crippen LogP contribution in [-0.4, -0.2) is 52.9 Å². The van der Waals surface area contributed by atoms with E-state index >= 15 is 0 Å². The van der Waals surface area contributed by atoms with Crippen molar-refractivity contribution >= 4 is 23.9 Å². The number of amides is 2. The minimum absolute atomic E-state index is 0.231. The summed E-state index contributed by atoms with van der Waals surface area (Å²) in [5, 5.41) is 11.4. The molecular formula is C15H17N3O4. The molecule has 0 saturated carbocycles. The van der Waals surface area contributed by atoms with Crippen LogP contribution in [0.2, 0.25) is 0 Å². The molecule has 1 saturated heterocycles. The summed E-state index contributed by atoms with van der Waals surface area (Å²) in [4.78, 5) is 39.8. The lowest BCUT2D eigenvalue weighted by atomic mass is 10.1. The van der Waals surface area contributed by atoms with Gasteiger partial charge in [-0.25, -0.2) is 0 Å². The van der Waals surface area contributed by atoms with E-state index in [9.17, 15) is 14.4 Å². The molecule has 22 heavy (non-hydrogen) atoms. The standard InChI is InChI=1S/C15H17N3O4/c1-16-14(20)12-6-10(7-17-8-12)2-3-13(19)18-5-4-11(9-18)15(21)22/h2-3,6-8,11H,4-5,9H2,1H3,(H,16,20)(H,21,22)/b3-2+. The van der Waals surface area contributed by atoms with E-state index in [1.165, 1.54) is 24.2 Å². The summed E-state index contributed by atoms with van der Waals surface area (Å²) < 4.78 is 0. The highest BCUT2D eigenvalue weighted by molar-refractivity contribution is 5.95. The molecule has 2 rings (SSSR count). The van der Waals surface area contributed by atoms with Gasteiger partial charge >= 0.3 is 5.97 Å². The Morgan fingerprint density at radius 3 is 2.82 bits per heavy atom. The lowest BCUT2D eigenvalue weighted by Crippen LogP contribution is -2.28. The largest absolute Gasteiger partial charge is 0.481 e. The zero-order chi connectivity index (χ0) is 16.1. The van der Waals surface area contributed by atoms with Gasteiger partial charge in [-0.05, 0) is 24.1 Å². The summed E-state index contributed by atoms with van der Waals surface area (Å²) >= 11 is 0. The van der Waals surface area contributed by atoms with E-state index in [4.69, 9.17) is 5.11 Å². The van der Waals surface area contributed by atoms with Crippen molar-refractivity contribution in [3.63, 3.8) is 0 Å². The Labute approximate surface area is 127 Å². The summed E-state index contributed by atoms with van der Waals surface area (Å²) in [6.07, 6.45) is 6.39. The van der Waals surface area contributed by atoms with Gasteiger partial charge in [-0.3, -0.25) is 19.4 Å². The predicted octanol–water partition coefficient (Wildman–Crippen LogP) is 0.387. The Kier molecular flexibility index (Phi) is 4.88. The average Bonchev–Trinajstić information content (AvgIpc) is 3.02. The van der Waals surface area contributed by atoms with Crippen molar-refractivity contribution in [2.45, 2.75) is 6.42 Å². The summed E-state index contributed by atoms with van der Waals surface area (Å²) in [5.74, 6) is -1.86. The van der Waals surface area contributed by atoms with Crippen molar-refractivity contribution in [1.82, 2.24) is 15.2 Å². The van der Waals surface area contributed by atoms with E-state index in [0.717, 1.165) is 0 Å². The van der Waals surface area contributed by atoms with Crippen LogP contribution >= 0.6 is 0 Å². The Balaban J connectivity index is 2.01. The van der Waals surface area contributed by atoms with Crippen molar-refractivity contribution in [3.8, 4) is 0 Å². The summed E-state index contributed by atoms with van der Waals surface area (Å²) in [5.41, 5.74) is 1.03. The molecular weight excluding hydrogens is 286 g/mol. The number of aromatic nitrogens is 1. The van der Waals surface area contributed by atoms with Crippen LogP contribution in [0.15, 0.2) is 24.5 Å². The number of pyridine rings is 1. The molecule has 1 aliphatic rings. The number of carboxylic acid groups (broad SMARTS) is 1. The van der Waals surface area contributed by atoms with Gasteiger partial charge in [0.1, 0.15) is 0 Å². The van der Waals surface area contributed by atoms with Gasteiger partial charge in [0, 0.05) is 38.6 Å². The molecule has 7 nitrogen and oxygen atoms in total. The number of carbonyl (C=O) groups is 3. The molecule has 1 unspecified atom stereocenters. The summed E-state index contributed by atoms with van der Waals surface area (Å²) in [7, 11) is 1.53. The van der Waals surface area contributed by atoms with Gasteiger partial charge in [-0.2, -0.15) is 0 Å². The topological polar surface area (TPSA) is 99.6 Å². The van der Waals surface area contributed by atoms with Crippen LogP contribution in [0.3, 0.4) is 0 Å². The fraction of sp³-hybridized carbons (Fsp3) is 0.333. The van der Waals surface area contributed by atoms with Crippen LogP contribution in [0.4, 0.5) is 0 Å². The Morgan fingerprint density at radius 2 is 2.18 bits per heavy atom. The molecule has 0 aromatic carbocycles. The fourth-order valence-corrected chi connectivity index (χ4v) is 2.25. The van der Waals surface area contributed by atoms with Gasteiger partial charge in [0.2, 0.25) is 5.91 Å². The summed E-state index contributed by atoms with van der Waals surface area (Å²) in [6, 6.07) is 1.62. The Bertz CT molecular complexity index is 627. The van der Waals surface area contributed by atoms with Crippen LogP contribution in [0.5, 0.6) is 0 Å². The highest BCUT2D eigenvalue weighted by Crippen LogP contribution is 2.17. The molecule has 1 aliphatic heterocycles.